The van der Waals surface area contributed by atoms with Gasteiger partial charge in [-0.05, 0) is 55.1 Å². The van der Waals surface area contributed by atoms with Crippen molar-refractivity contribution in [1.29, 1.82) is 0 Å². The predicted octanol–water partition coefficient (Wildman–Crippen LogP) is 4.80. The smallest absolute Gasteiger partial charge is 0.149 e. The van der Waals surface area contributed by atoms with Gasteiger partial charge in [-0.1, -0.05) is 37.3 Å². The van der Waals surface area contributed by atoms with Crippen LogP contribution in [-0.2, 0) is 6.54 Å². The van der Waals surface area contributed by atoms with Crippen molar-refractivity contribution in [3.8, 4) is 0 Å². The first kappa shape index (κ1) is 17.5. The van der Waals surface area contributed by atoms with Gasteiger partial charge in [0.2, 0.25) is 0 Å². The lowest BCUT2D eigenvalue weighted by atomic mass is 9.90. The molecule has 0 N–H and O–H groups in total. The van der Waals surface area contributed by atoms with Gasteiger partial charge in [0.25, 0.3) is 0 Å². The van der Waals surface area contributed by atoms with E-state index in [1.54, 1.807) is 4.90 Å². The second-order valence-electron chi connectivity index (χ2n) is 7.87. The number of benzene rings is 2. The molecule has 2 saturated heterocycles. The van der Waals surface area contributed by atoms with Crippen LogP contribution in [-0.4, -0.2) is 31.1 Å². The SMILES string of the molecule is CC1CCN(Cc2ccc(C3CN(c4c(F)cccc4F)C3)cc2)CC1. The highest BCUT2D eigenvalue weighted by molar-refractivity contribution is 5.53. The summed E-state index contributed by atoms with van der Waals surface area (Å²) < 4.78 is 27.7. The fourth-order valence-electron chi connectivity index (χ4n) is 4.04. The van der Waals surface area contributed by atoms with Gasteiger partial charge in [-0.15, -0.1) is 0 Å². The second-order valence-corrected chi connectivity index (χ2v) is 7.87. The Morgan fingerprint density at radius 1 is 0.923 bits per heavy atom. The highest BCUT2D eigenvalue weighted by atomic mass is 19.1. The van der Waals surface area contributed by atoms with E-state index in [-0.39, 0.29) is 5.69 Å². The summed E-state index contributed by atoms with van der Waals surface area (Å²) in [5.41, 5.74) is 2.72. The average Bonchev–Trinajstić information content (AvgIpc) is 2.59. The Kier molecular flexibility index (Phi) is 4.94. The van der Waals surface area contributed by atoms with Gasteiger partial charge in [-0.2, -0.15) is 0 Å². The Morgan fingerprint density at radius 2 is 1.54 bits per heavy atom. The van der Waals surface area contributed by atoms with E-state index in [2.05, 4.69) is 36.1 Å². The molecular formula is C22H26F2N2. The molecule has 2 aliphatic heterocycles. The van der Waals surface area contributed by atoms with E-state index in [0.29, 0.717) is 19.0 Å². The lowest BCUT2D eigenvalue weighted by molar-refractivity contribution is 0.185. The van der Waals surface area contributed by atoms with Gasteiger partial charge in [0.1, 0.15) is 17.3 Å². The Morgan fingerprint density at radius 3 is 2.15 bits per heavy atom. The number of hydrogen-bond acceptors (Lipinski definition) is 2. The van der Waals surface area contributed by atoms with E-state index in [4.69, 9.17) is 0 Å². The summed E-state index contributed by atoms with van der Waals surface area (Å²) >= 11 is 0. The standard InChI is InChI=1S/C22H26F2N2/c1-16-9-11-25(12-10-16)13-17-5-7-18(8-6-17)19-14-26(15-19)22-20(23)3-2-4-21(22)24/h2-8,16,19H,9-15H2,1H3. The molecule has 0 aromatic heterocycles. The highest BCUT2D eigenvalue weighted by Gasteiger charge is 2.31. The van der Waals surface area contributed by atoms with Crippen LogP contribution >= 0.6 is 0 Å². The largest absolute Gasteiger partial charge is 0.365 e. The normalized spacial score (nSPS) is 19.6. The van der Waals surface area contributed by atoms with Gasteiger partial charge < -0.3 is 4.90 Å². The van der Waals surface area contributed by atoms with E-state index in [1.807, 2.05) is 0 Å². The van der Waals surface area contributed by atoms with Crippen molar-refractivity contribution >= 4 is 5.69 Å². The first-order chi connectivity index (χ1) is 12.6. The summed E-state index contributed by atoms with van der Waals surface area (Å²) in [6.45, 7) is 7.07. The molecule has 2 aromatic carbocycles. The van der Waals surface area contributed by atoms with Gasteiger partial charge in [0.05, 0.1) is 0 Å². The summed E-state index contributed by atoms with van der Waals surface area (Å²) in [5, 5.41) is 0. The van der Waals surface area contributed by atoms with Crippen LogP contribution in [0.2, 0.25) is 0 Å². The number of anilines is 1. The number of likely N-dealkylation sites (tertiary alicyclic amines) is 1. The van der Waals surface area contributed by atoms with Crippen molar-refractivity contribution in [3.05, 3.63) is 65.2 Å². The Labute approximate surface area is 154 Å². The Balaban J connectivity index is 1.34. The van der Waals surface area contributed by atoms with E-state index in [0.717, 1.165) is 12.5 Å². The second kappa shape index (κ2) is 7.36. The van der Waals surface area contributed by atoms with Crippen LogP contribution in [0.5, 0.6) is 0 Å². The zero-order chi connectivity index (χ0) is 18.1. The molecule has 0 spiro atoms. The first-order valence-corrected chi connectivity index (χ1v) is 9.60. The van der Waals surface area contributed by atoms with E-state index < -0.39 is 11.6 Å². The molecule has 2 heterocycles. The fourth-order valence-corrected chi connectivity index (χ4v) is 4.04. The van der Waals surface area contributed by atoms with Gasteiger partial charge >= 0.3 is 0 Å². The molecule has 0 radical (unpaired) electrons. The van der Waals surface area contributed by atoms with E-state index in [1.165, 1.54) is 55.3 Å². The molecule has 26 heavy (non-hydrogen) atoms. The highest BCUT2D eigenvalue weighted by Crippen LogP contribution is 2.34. The molecule has 0 atom stereocenters. The van der Waals surface area contributed by atoms with Crippen molar-refractivity contribution in [2.24, 2.45) is 5.92 Å². The maximum Gasteiger partial charge on any atom is 0.149 e. The molecule has 2 nitrogen and oxygen atoms in total. The molecule has 2 fully saturated rings. The van der Waals surface area contributed by atoms with E-state index in [9.17, 15) is 8.78 Å². The molecular weight excluding hydrogens is 330 g/mol. The van der Waals surface area contributed by atoms with Crippen LogP contribution in [0, 0.1) is 17.6 Å². The maximum absolute atomic E-state index is 13.9. The number of halogens is 2. The zero-order valence-corrected chi connectivity index (χ0v) is 15.3. The quantitative estimate of drug-likeness (QED) is 0.776. The topological polar surface area (TPSA) is 6.48 Å². The number of para-hydroxylation sites is 1. The fraction of sp³-hybridized carbons (Fsp3) is 0.455. The number of hydrogen-bond donors (Lipinski definition) is 0. The molecule has 4 rings (SSSR count). The molecule has 0 saturated carbocycles. The van der Waals surface area contributed by atoms with Gasteiger partial charge in [-0.25, -0.2) is 8.78 Å². The van der Waals surface area contributed by atoms with Crippen molar-refractivity contribution in [1.82, 2.24) is 4.90 Å². The molecule has 138 valence electrons. The van der Waals surface area contributed by atoms with Gasteiger partial charge in [-0.3, -0.25) is 4.90 Å². The maximum atomic E-state index is 13.9. The summed E-state index contributed by atoms with van der Waals surface area (Å²) in [6, 6.07) is 12.8. The van der Waals surface area contributed by atoms with Crippen LogP contribution in [0.25, 0.3) is 0 Å². The third-order valence-electron chi connectivity index (χ3n) is 5.87. The van der Waals surface area contributed by atoms with Crippen LogP contribution < -0.4 is 4.90 Å². The molecule has 0 bridgehead atoms. The summed E-state index contributed by atoms with van der Waals surface area (Å²) in [7, 11) is 0. The molecule has 2 aromatic rings. The van der Waals surface area contributed by atoms with Crippen LogP contribution in [0.3, 0.4) is 0 Å². The van der Waals surface area contributed by atoms with Crippen LogP contribution in [0.4, 0.5) is 14.5 Å². The number of piperidine rings is 1. The number of rotatable bonds is 4. The Bertz CT molecular complexity index is 725. The van der Waals surface area contributed by atoms with Gasteiger partial charge in [0.15, 0.2) is 0 Å². The third-order valence-corrected chi connectivity index (χ3v) is 5.87. The number of nitrogens with zero attached hydrogens (tertiary/aromatic N) is 2. The Hall–Kier alpha value is -1.94. The molecule has 0 amide bonds. The molecule has 2 aliphatic rings. The minimum atomic E-state index is -0.477. The van der Waals surface area contributed by atoms with Crippen molar-refractivity contribution in [3.63, 3.8) is 0 Å². The van der Waals surface area contributed by atoms with Gasteiger partial charge in [0, 0.05) is 25.6 Å². The minimum Gasteiger partial charge on any atom is -0.365 e. The summed E-state index contributed by atoms with van der Waals surface area (Å²) in [4.78, 5) is 4.32. The summed E-state index contributed by atoms with van der Waals surface area (Å²) in [6.07, 6.45) is 2.59. The molecule has 4 heteroatoms. The van der Waals surface area contributed by atoms with Crippen LogP contribution in [0.15, 0.2) is 42.5 Å². The minimum absolute atomic E-state index is 0.111. The molecule has 0 unspecified atom stereocenters. The first-order valence-electron chi connectivity index (χ1n) is 9.60. The third kappa shape index (κ3) is 3.61. The monoisotopic (exact) mass is 356 g/mol. The van der Waals surface area contributed by atoms with Crippen molar-refractivity contribution < 1.29 is 8.78 Å². The van der Waals surface area contributed by atoms with Crippen molar-refractivity contribution in [2.45, 2.75) is 32.2 Å². The van der Waals surface area contributed by atoms with Crippen molar-refractivity contribution in [2.75, 3.05) is 31.1 Å². The lowest BCUT2D eigenvalue weighted by Gasteiger charge is -2.41. The zero-order valence-electron chi connectivity index (χ0n) is 15.3. The molecule has 0 aliphatic carbocycles. The average molecular weight is 356 g/mol. The van der Waals surface area contributed by atoms with E-state index >= 15 is 0 Å². The summed E-state index contributed by atoms with van der Waals surface area (Å²) in [5.74, 6) is 0.248. The lowest BCUT2D eigenvalue weighted by Crippen LogP contribution is -2.46. The predicted molar refractivity (Wildman–Crippen MR) is 101 cm³/mol. The van der Waals surface area contributed by atoms with Crippen LogP contribution in [0.1, 0.15) is 36.8 Å².